The normalized spacial score (nSPS) is 28.6. The Morgan fingerprint density at radius 2 is 1.84 bits per heavy atom. The summed E-state index contributed by atoms with van der Waals surface area (Å²) in [5, 5.41) is 7.08. The minimum atomic E-state index is -3.13. The molecule has 3 aliphatic heterocycles. The van der Waals surface area contributed by atoms with E-state index in [1.165, 1.54) is 10.8 Å². The zero-order valence-electron chi connectivity index (χ0n) is 24.0. The molecule has 4 atom stereocenters. The van der Waals surface area contributed by atoms with Gasteiger partial charge in [-0.1, -0.05) is 11.6 Å². The third-order valence-corrected chi connectivity index (χ3v) is 10.2. The molecule has 2 bridgehead atoms. The van der Waals surface area contributed by atoms with Crippen molar-refractivity contribution in [2.75, 3.05) is 41.8 Å². The number of nitrogens with zero attached hydrogens (tertiary/aromatic N) is 5. The fraction of sp³-hybridized carbons (Fsp3) is 0.567. The maximum Gasteiger partial charge on any atom is 0.301 e. The molecular weight excluding hydrogens is 602 g/mol. The Kier molecular flexibility index (Phi) is 6.30. The van der Waals surface area contributed by atoms with Crippen LogP contribution in [-0.2, 0) is 7.05 Å². The van der Waals surface area contributed by atoms with Gasteiger partial charge < -0.3 is 24.8 Å². The standard InChI is InChI=1S/C30H32ClF4N7O2/c1-40-22-7-4-17(8-20(22)23-24(27(40)43)44-14-30(34,35)25(38-23)15-2-3-15)37-26-21(31)10-36-28(39-26)41-12-18-5-6-19(13-41)42(18)11-16-9-29(16,32)33/h4,7-8,10,15-16,18-19,25,38H,2-3,5-6,9,11-14H2,1H3,(H,36,37,39)/t16?,18?,19?,25-/m0/s1. The molecule has 9 nitrogen and oxygen atoms in total. The van der Waals surface area contributed by atoms with Gasteiger partial charge >= 0.3 is 5.92 Å². The number of nitrogens with one attached hydrogen (secondary N) is 2. The first-order valence-electron chi connectivity index (χ1n) is 15.1. The van der Waals surface area contributed by atoms with Crippen molar-refractivity contribution in [1.29, 1.82) is 0 Å². The fourth-order valence-corrected chi connectivity index (χ4v) is 7.33. The Hall–Kier alpha value is -3.32. The maximum absolute atomic E-state index is 15.0. The van der Waals surface area contributed by atoms with Crippen LogP contribution in [-0.4, -0.2) is 75.6 Å². The van der Waals surface area contributed by atoms with E-state index in [0.29, 0.717) is 65.9 Å². The lowest BCUT2D eigenvalue weighted by atomic mass is 10.0. The first-order valence-corrected chi connectivity index (χ1v) is 15.5. The quantitative estimate of drug-likeness (QED) is 0.356. The molecule has 4 fully saturated rings. The van der Waals surface area contributed by atoms with Crippen molar-refractivity contribution in [2.24, 2.45) is 18.9 Å². The Morgan fingerprint density at radius 3 is 2.52 bits per heavy atom. The molecule has 2 saturated carbocycles. The molecule has 2 N–H and O–H groups in total. The molecule has 5 heterocycles. The minimum Gasteiger partial charge on any atom is -0.480 e. The molecule has 3 unspecified atom stereocenters. The molecule has 8 rings (SSSR count). The zero-order chi connectivity index (χ0) is 30.5. The van der Waals surface area contributed by atoms with E-state index in [4.69, 9.17) is 21.3 Å². The van der Waals surface area contributed by atoms with Crippen molar-refractivity contribution in [3.8, 4) is 5.75 Å². The topological polar surface area (TPSA) is 87.6 Å². The summed E-state index contributed by atoms with van der Waals surface area (Å²) in [6.07, 6.45) is 4.80. The Labute approximate surface area is 255 Å². The molecule has 2 aromatic heterocycles. The number of piperazine rings is 1. The van der Waals surface area contributed by atoms with Gasteiger partial charge in [0.25, 0.3) is 11.5 Å². The largest absolute Gasteiger partial charge is 0.480 e. The highest BCUT2D eigenvalue weighted by Crippen LogP contribution is 2.50. The minimum absolute atomic E-state index is 0.0213. The Bertz CT molecular complexity index is 1700. The van der Waals surface area contributed by atoms with E-state index in [1.54, 1.807) is 25.2 Å². The number of rotatable bonds is 6. The molecule has 1 aromatic carbocycles. The molecular formula is C30H32ClF4N7O2. The summed E-state index contributed by atoms with van der Waals surface area (Å²) in [5.74, 6) is -5.66. The van der Waals surface area contributed by atoms with Crippen molar-refractivity contribution in [1.82, 2.24) is 19.4 Å². The molecule has 14 heteroatoms. The van der Waals surface area contributed by atoms with Crippen molar-refractivity contribution in [3.05, 3.63) is 39.8 Å². The van der Waals surface area contributed by atoms with Crippen LogP contribution in [0.1, 0.15) is 32.1 Å². The average molecular weight is 634 g/mol. The second-order valence-corrected chi connectivity index (χ2v) is 13.4. The molecule has 234 valence electrons. The van der Waals surface area contributed by atoms with Crippen molar-refractivity contribution >= 4 is 45.6 Å². The molecule has 2 aliphatic carbocycles. The number of fused-ring (bicyclic) bond motifs is 5. The number of halogens is 5. The van der Waals surface area contributed by atoms with E-state index in [1.807, 2.05) is 0 Å². The predicted octanol–water partition coefficient (Wildman–Crippen LogP) is 5.25. The smallest absolute Gasteiger partial charge is 0.301 e. The van der Waals surface area contributed by atoms with Gasteiger partial charge in [0, 0.05) is 62.2 Å². The first-order chi connectivity index (χ1) is 21.0. The van der Waals surface area contributed by atoms with E-state index in [-0.39, 0.29) is 35.9 Å². The summed E-state index contributed by atoms with van der Waals surface area (Å²) in [5.41, 5.74) is 0.909. The molecule has 0 radical (unpaired) electrons. The van der Waals surface area contributed by atoms with Crippen molar-refractivity contribution < 1.29 is 22.3 Å². The molecule has 0 amide bonds. The van der Waals surface area contributed by atoms with Crippen LogP contribution < -0.4 is 25.8 Å². The SMILES string of the molecule is Cn1c(=O)c2c(c3cc(Nc4nc(N5CC6CCC(C5)N6CC5CC5(F)F)ncc4Cl)ccc31)N[C@@H](C1CC1)C(F)(F)CO2. The van der Waals surface area contributed by atoms with Gasteiger partial charge in [0.1, 0.15) is 5.02 Å². The van der Waals surface area contributed by atoms with Crippen LogP contribution in [0, 0.1) is 11.8 Å². The number of anilines is 4. The molecule has 2 saturated heterocycles. The van der Waals surface area contributed by atoms with Crippen LogP contribution in [0.4, 0.5) is 40.7 Å². The number of ether oxygens (including phenoxy) is 1. The lowest BCUT2D eigenvalue weighted by molar-refractivity contribution is -0.0579. The van der Waals surface area contributed by atoms with E-state index < -0.39 is 36.0 Å². The second-order valence-electron chi connectivity index (χ2n) is 12.9. The van der Waals surface area contributed by atoms with Crippen LogP contribution in [0.3, 0.4) is 0 Å². The van der Waals surface area contributed by atoms with Gasteiger partial charge in [0.05, 0.1) is 23.4 Å². The number of hydrogen-bond donors (Lipinski definition) is 2. The highest BCUT2D eigenvalue weighted by molar-refractivity contribution is 6.33. The lowest BCUT2D eigenvalue weighted by Crippen LogP contribution is -2.54. The van der Waals surface area contributed by atoms with Gasteiger partial charge in [-0.25, -0.2) is 22.5 Å². The van der Waals surface area contributed by atoms with E-state index in [0.717, 1.165) is 12.8 Å². The maximum atomic E-state index is 15.0. The summed E-state index contributed by atoms with van der Waals surface area (Å²) < 4.78 is 64.1. The number of benzene rings is 1. The molecule has 5 aliphatic rings. The van der Waals surface area contributed by atoms with Crippen LogP contribution in [0.5, 0.6) is 5.75 Å². The number of hydrogen-bond acceptors (Lipinski definition) is 8. The number of aromatic nitrogens is 3. The Balaban J connectivity index is 1.07. The van der Waals surface area contributed by atoms with Crippen LogP contribution in [0.25, 0.3) is 10.9 Å². The fourth-order valence-electron chi connectivity index (χ4n) is 7.19. The third kappa shape index (κ3) is 4.74. The van der Waals surface area contributed by atoms with Gasteiger partial charge in [0.2, 0.25) is 11.7 Å². The van der Waals surface area contributed by atoms with Crippen LogP contribution in [0.2, 0.25) is 5.02 Å². The average Bonchev–Trinajstić information content (AvgIpc) is 3.90. The van der Waals surface area contributed by atoms with Crippen molar-refractivity contribution in [2.45, 2.75) is 62.1 Å². The molecule has 44 heavy (non-hydrogen) atoms. The van der Waals surface area contributed by atoms with Gasteiger partial charge in [-0.05, 0) is 49.8 Å². The van der Waals surface area contributed by atoms with E-state index >= 15 is 8.78 Å². The van der Waals surface area contributed by atoms with E-state index in [2.05, 4.69) is 25.4 Å². The number of aryl methyl sites for hydroxylation is 1. The Morgan fingerprint density at radius 1 is 1.11 bits per heavy atom. The highest BCUT2D eigenvalue weighted by atomic mass is 35.5. The summed E-state index contributed by atoms with van der Waals surface area (Å²) >= 11 is 6.52. The monoisotopic (exact) mass is 633 g/mol. The van der Waals surface area contributed by atoms with Gasteiger partial charge in [0.15, 0.2) is 12.4 Å². The summed E-state index contributed by atoms with van der Waals surface area (Å²) in [7, 11) is 1.58. The van der Waals surface area contributed by atoms with E-state index in [9.17, 15) is 13.6 Å². The van der Waals surface area contributed by atoms with Crippen LogP contribution >= 0.6 is 11.6 Å². The lowest BCUT2D eigenvalue weighted by Gasteiger charge is -2.41. The van der Waals surface area contributed by atoms with Crippen molar-refractivity contribution in [3.63, 3.8) is 0 Å². The predicted molar refractivity (Wildman–Crippen MR) is 159 cm³/mol. The molecule has 3 aromatic rings. The summed E-state index contributed by atoms with van der Waals surface area (Å²) in [6, 6.07) is 4.48. The van der Waals surface area contributed by atoms with Gasteiger partial charge in [-0.15, -0.1) is 0 Å². The van der Waals surface area contributed by atoms with Crippen LogP contribution in [0.15, 0.2) is 29.2 Å². The highest BCUT2D eigenvalue weighted by Gasteiger charge is 2.58. The first kappa shape index (κ1) is 28.2. The summed E-state index contributed by atoms with van der Waals surface area (Å²) in [6.45, 7) is 0.852. The second kappa shape index (κ2) is 9.84. The molecule has 0 spiro atoms. The summed E-state index contributed by atoms with van der Waals surface area (Å²) in [4.78, 5) is 26.6. The third-order valence-electron chi connectivity index (χ3n) is 9.91. The zero-order valence-corrected chi connectivity index (χ0v) is 24.8. The number of alkyl halides is 4. The number of pyridine rings is 1. The van der Waals surface area contributed by atoms with Gasteiger partial charge in [-0.3, -0.25) is 9.69 Å². The van der Waals surface area contributed by atoms with Gasteiger partial charge in [-0.2, -0.15) is 4.98 Å².